The van der Waals surface area contributed by atoms with Crippen LogP contribution in [0.5, 0.6) is 0 Å². The van der Waals surface area contributed by atoms with E-state index in [0.717, 1.165) is 38.8 Å². The second kappa shape index (κ2) is 7.33. The van der Waals surface area contributed by atoms with Crippen molar-refractivity contribution in [1.82, 2.24) is 4.90 Å². The van der Waals surface area contributed by atoms with Crippen molar-refractivity contribution in [2.24, 2.45) is 5.41 Å². The molecule has 1 saturated heterocycles. The molecule has 0 aromatic carbocycles. The number of amides is 1. The molecule has 2 heteroatoms. The Morgan fingerprint density at radius 1 is 1.56 bits per heavy atom. The third-order valence-corrected chi connectivity index (χ3v) is 3.11. The lowest BCUT2D eigenvalue weighted by atomic mass is 9.75. The average Bonchev–Trinajstić information content (AvgIpc) is 2.32. The van der Waals surface area contributed by atoms with Gasteiger partial charge in [0.15, 0.2) is 0 Å². The minimum atomic E-state index is 0.0820. The van der Waals surface area contributed by atoms with Crippen molar-refractivity contribution in [3.63, 3.8) is 0 Å². The maximum Gasteiger partial charge on any atom is 0.219 e. The van der Waals surface area contributed by atoms with Gasteiger partial charge in [0.2, 0.25) is 5.91 Å². The number of rotatable bonds is 2. The summed E-state index contributed by atoms with van der Waals surface area (Å²) < 4.78 is 0. The normalized spacial score (nSPS) is 24.1. The quantitative estimate of drug-likeness (QED) is 0.658. The summed E-state index contributed by atoms with van der Waals surface area (Å²) in [5, 5.41) is 0. The number of hydrogen-bond donors (Lipinski definition) is 0. The zero-order valence-electron chi connectivity index (χ0n) is 10.9. The monoisotopic (exact) mass is 222 g/mol. The highest BCUT2D eigenvalue weighted by Gasteiger charge is 2.33. The van der Waals surface area contributed by atoms with Crippen LogP contribution in [0.2, 0.25) is 0 Å². The lowest BCUT2D eigenvalue weighted by molar-refractivity contribution is -0.132. The first-order valence-electron chi connectivity index (χ1n) is 6.12. The summed E-state index contributed by atoms with van der Waals surface area (Å²) in [4.78, 5) is 13.2. The van der Waals surface area contributed by atoms with Gasteiger partial charge in [-0.1, -0.05) is 20.8 Å². The molecule has 1 atom stereocenters. The van der Waals surface area contributed by atoms with Crippen LogP contribution in [0.4, 0.5) is 0 Å². The van der Waals surface area contributed by atoms with Gasteiger partial charge in [0.05, 0.1) is 0 Å². The molecule has 1 radical (unpaired) electrons. The molecule has 1 aliphatic heterocycles. The molecule has 1 heterocycles. The Morgan fingerprint density at radius 2 is 2.19 bits per heavy atom. The van der Waals surface area contributed by atoms with Crippen LogP contribution in [-0.2, 0) is 4.79 Å². The Hall–Kier alpha value is -0.970. The molecule has 1 fully saturated rings. The largest absolute Gasteiger partial charge is 0.342 e. The Balaban J connectivity index is 0.00000106. The van der Waals surface area contributed by atoms with Gasteiger partial charge in [-0.2, -0.15) is 0 Å². The molecule has 0 spiro atoms. The summed E-state index contributed by atoms with van der Waals surface area (Å²) in [6, 6.07) is 0. The van der Waals surface area contributed by atoms with Crippen LogP contribution in [0.15, 0.2) is 0 Å². The van der Waals surface area contributed by atoms with Crippen LogP contribution in [0.3, 0.4) is 0 Å². The van der Waals surface area contributed by atoms with E-state index in [9.17, 15) is 4.79 Å². The zero-order chi connectivity index (χ0) is 12.6. The zero-order valence-corrected chi connectivity index (χ0v) is 10.9. The molecule has 0 N–H and O–H groups in total. The number of terminal acetylenes is 1. The lowest BCUT2D eigenvalue weighted by Gasteiger charge is -2.41. The minimum absolute atomic E-state index is 0.0820. The molecule has 16 heavy (non-hydrogen) atoms. The van der Waals surface area contributed by atoms with E-state index in [4.69, 9.17) is 6.42 Å². The van der Waals surface area contributed by atoms with Crippen LogP contribution >= 0.6 is 0 Å². The second-order valence-corrected chi connectivity index (χ2v) is 4.18. The molecule has 0 aromatic heterocycles. The van der Waals surface area contributed by atoms with Gasteiger partial charge in [0.1, 0.15) is 0 Å². The maximum absolute atomic E-state index is 11.3. The summed E-state index contributed by atoms with van der Waals surface area (Å²) in [5.41, 5.74) is 0.0820. The first-order chi connectivity index (χ1) is 7.63. The molecule has 1 rings (SSSR count). The van der Waals surface area contributed by atoms with Crippen molar-refractivity contribution in [3.8, 4) is 12.3 Å². The van der Waals surface area contributed by atoms with Crippen molar-refractivity contribution >= 4 is 5.91 Å². The topological polar surface area (TPSA) is 20.3 Å². The highest BCUT2D eigenvalue weighted by Crippen LogP contribution is 2.36. The molecular weight excluding hydrogens is 198 g/mol. The summed E-state index contributed by atoms with van der Waals surface area (Å²) in [6.45, 7) is 11.2. The van der Waals surface area contributed by atoms with E-state index in [1.54, 1.807) is 6.92 Å². The van der Waals surface area contributed by atoms with E-state index < -0.39 is 0 Å². The van der Waals surface area contributed by atoms with E-state index >= 15 is 0 Å². The van der Waals surface area contributed by atoms with Crippen LogP contribution in [0.25, 0.3) is 0 Å². The molecule has 2 nitrogen and oxygen atoms in total. The minimum Gasteiger partial charge on any atom is -0.342 e. The summed E-state index contributed by atoms with van der Waals surface area (Å²) in [6.07, 6.45) is 9.07. The van der Waals surface area contributed by atoms with Crippen molar-refractivity contribution in [2.75, 3.05) is 13.1 Å². The maximum atomic E-state index is 11.3. The van der Waals surface area contributed by atoms with Gasteiger partial charge in [-0.15, -0.1) is 12.3 Å². The smallest absolute Gasteiger partial charge is 0.219 e. The molecule has 91 valence electrons. The first kappa shape index (κ1) is 15.0. The molecule has 0 bridgehead atoms. The molecule has 1 aliphatic rings. The van der Waals surface area contributed by atoms with E-state index in [1.165, 1.54) is 0 Å². The van der Waals surface area contributed by atoms with Crippen LogP contribution in [0.1, 0.15) is 46.5 Å². The molecular formula is C14H24NO. The predicted octanol–water partition coefficient (Wildman–Crippen LogP) is 2.89. The number of carbonyl (C=O) groups is 1. The summed E-state index contributed by atoms with van der Waals surface area (Å²) in [5.74, 6) is 2.86. The van der Waals surface area contributed by atoms with Gasteiger partial charge in [0.25, 0.3) is 0 Å². The van der Waals surface area contributed by atoms with Crippen molar-refractivity contribution < 1.29 is 4.79 Å². The number of nitrogens with zero attached hydrogens (tertiary/aromatic N) is 1. The average molecular weight is 222 g/mol. The van der Waals surface area contributed by atoms with E-state index in [-0.39, 0.29) is 11.3 Å². The second-order valence-electron chi connectivity index (χ2n) is 4.18. The Kier molecular flexibility index (Phi) is 6.88. The molecule has 1 unspecified atom stereocenters. The summed E-state index contributed by atoms with van der Waals surface area (Å²) in [7, 11) is 0. The molecule has 0 aromatic rings. The molecule has 0 aliphatic carbocycles. The SMILES string of the molecule is C#CCC1(C[CH2])CCCN(C(C)=O)C1.CC. The van der Waals surface area contributed by atoms with Crippen molar-refractivity contribution in [2.45, 2.75) is 46.5 Å². The standard InChI is InChI=1S/C12H18NO.C2H6/c1-4-7-12(5-2)8-6-9-13(10-12)11(3)14;1-2/h1H,2,5-10H2,3H3;1-2H3. The van der Waals surface area contributed by atoms with E-state index in [1.807, 2.05) is 18.7 Å². The lowest BCUT2D eigenvalue weighted by Crippen LogP contribution is -2.45. The summed E-state index contributed by atoms with van der Waals surface area (Å²) >= 11 is 0. The van der Waals surface area contributed by atoms with Gasteiger partial charge >= 0.3 is 0 Å². The fourth-order valence-corrected chi connectivity index (χ4v) is 2.13. The molecule has 1 amide bonds. The van der Waals surface area contributed by atoms with Crippen molar-refractivity contribution in [1.29, 1.82) is 0 Å². The van der Waals surface area contributed by atoms with Gasteiger partial charge in [-0.05, 0) is 24.7 Å². The van der Waals surface area contributed by atoms with Gasteiger partial charge in [-0.25, -0.2) is 0 Å². The third kappa shape index (κ3) is 3.89. The van der Waals surface area contributed by atoms with Crippen LogP contribution < -0.4 is 0 Å². The van der Waals surface area contributed by atoms with E-state index in [0.29, 0.717) is 0 Å². The Bertz CT molecular complexity index is 254. The van der Waals surface area contributed by atoms with Crippen LogP contribution in [0, 0.1) is 24.7 Å². The number of hydrogen-bond acceptors (Lipinski definition) is 1. The van der Waals surface area contributed by atoms with Gasteiger partial charge in [-0.3, -0.25) is 4.79 Å². The number of piperidine rings is 1. The highest BCUT2D eigenvalue weighted by molar-refractivity contribution is 5.73. The Labute approximate surface area is 100 Å². The third-order valence-electron chi connectivity index (χ3n) is 3.11. The molecule has 0 saturated carbocycles. The van der Waals surface area contributed by atoms with E-state index in [2.05, 4.69) is 12.8 Å². The van der Waals surface area contributed by atoms with Crippen LogP contribution in [-0.4, -0.2) is 23.9 Å². The fraction of sp³-hybridized carbons (Fsp3) is 0.714. The Morgan fingerprint density at radius 3 is 2.62 bits per heavy atom. The predicted molar refractivity (Wildman–Crippen MR) is 68.7 cm³/mol. The number of carbonyl (C=O) groups excluding carboxylic acids is 1. The number of likely N-dealkylation sites (tertiary alicyclic amines) is 1. The fourth-order valence-electron chi connectivity index (χ4n) is 2.13. The first-order valence-corrected chi connectivity index (χ1v) is 6.12. The van der Waals surface area contributed by atoms with Crippen molar-refractivity contribution in [3.05, 3.63) is 6.92 Å². The van der Waals surface area contributed by atoms with Gasteiger partial charge < -0.3 is 4.90 Å². The highest BCUT2D eigenvalue weighted by atomic mass is 16.2. The van der Waals surface area contributed by atoms with Gasteiger partial charge in [0, 0.05) is 26.4 Å².